The molecule has 5 heteroatoms. The van der Waals surface area contributed by atoms with Gasteiger partial charge in [-0.2, -0.15) is 0 Å². The van der Waals surface area contributed by atoms with Crippen molar-refractivity contribution in [2.45, 2.75) is 32.5 Å². The van der Waals surface area contributed by atoms with Crippen molar-refractivity contribution >= 4 is 5.96 Å². The highest BCUT2D eigenvalue weighted by atomic mass is 16.5. The van der Waals surface area contributed by atoms with Gasteiger partial charge in [-0.25, -0.2) is 0 Å². The predicted molar refractivity (Wildman–Crippen MR) is 93.4 cm³/mol. The zero-order chi connectivity index (χ0) is 16.1. The smallest absolute Gasteiger partial charge is 0.191 e. The number of aliphatic imine (C=N–C) groups is 1. The quantitative estimate of drug-likeness (QED) is 0.640. The van der Waals surface area contributed by atoms with Crippen LogP contribution in [0.1, 0.15) is 24.5 Å². The van der Waals surface area contributed by atoms with Crippen LogP contribution in [0.25, 0.3) is 0 Å². The van der Waals surface area contributed by atoms with Crippen molar-refractivity contribution in [3.8, 4) is 0 Å². The fraction of sp³-hybridized carbons (Fsp3) is 0.611. The largest absolute Gasteiger partial charge is 0.379 e. The van der Waals surface area contributed by atoms with Gasteiger partial charge in [-0.05, 0) is 23.5 Å². The van der Waals surface area contributed by atoms with Gasteiger partial charge in [0, 0.05) is 39.3 Å². The van der Waals surface area contributed by atoms with Gasteiger partial charge < -0.3 is 15.4 Å². The van der Waals surface area contributed by atoms with E-state index in [-0.39, 0.29) is 0 Å². The summed E-state index contributed by atoms with van der Waals surface area (Å²) < 4.78 is 5.43. The Morgan fingerprint density at radius 1 is 1.26 bits per heavy atom. The summed E-state index contributed by atoms with van der Waals surface area (Å²) in [6, 6.07) is 9.25. The second-order valence-electron chi connectivity index (χ2n) is 6.55. The van der Waals surface area contributed by atoms with Crippen molar-refractivity contribution < 1.29 is 4.74 Å². The summed E-state index contributed by atoms with van der Waals surface area (Å²) in [5.74, 6) is 1.67. The maximum absolute atomic E-state index is 5.43. The monoisotopic (exact) mass is 316 g/mol. The maximum Gasteiger partial charge on any atom is 0.191 e. The Hall–Kier alpha value is -1.59. The molecule has 1 saturated heterocycles. The van der Waals surface area contributed by atoms with Crippen LogP contribution in [-0.4, -0.2) is 50.3 Å². The summed E-state index contributed by atoms with van der Waals surface area (Å²) in [5, 5.41) is 6.92. The van der Waals surface area contributed by atoms with Gasteiger partial charge in [0.15, 0.2) is 5.96 Å². The predicted octanol–water partition coefficient (Wildman–Crippen LogP) is 1.59. The molecule has 23 heavy (non-hydrogen) atoms. The molecule has 0 amide bonds. The number of ether oxygens (including phenoxy) is 1. The van der Waals surface area contributed by atoms with Crippen molar-refractivity contribution in [1.82, 2.24) is 15.5 Å². The zero-order valence-electron chi connectivity index (χ0n) is 14.2. The maximum atomic E-state index is 5.43. The first-order valence-electron chi connectivity index (χ1n) is 8.60. The topological polar surface area (TPSA) is 48.9 Å². The van der Waals surface area contributed by atoms with Gasteiger partial charge in [0.25, 0.3) is 0 Å². The van der Waals surface area contributed by atoms with Gasteiger partial charge in [-0.3, -0.25) is 9.89 Å². The van der Waals surface area contributed by atoms with Gasteiger partial charge in [-0.1, -0.05) is 31.2 Å². The fourth-order valence-electron chi connectivity index (χ4n) is 2.96. The van der Waals surface area contributed by atoms with Crippen LogP contribution in [0.5, 0.6) is 0 Å². The van der Waals surface area contributed by atoms with Crippen LogP contribution < -0.4 is 10.6 Å². The number of nitrogens with zero attached hydrogens (tertiary/aromatic N) is 2. The molecule has 1 heterocycles. The van der Waals surface area contributed by atoms with E-state index >= 15 is 0 Å². The van der Waals surface area contributed by atoms with Crippen LogP contribution in [0.2, 0.25) is 0 Å². The number of guanidine groups is 1. The Kier molecular flexibility index (Phi) is 5.51. The first-order valence-corrected chi connectivity index (χ1v) is 8.60. The Morgan fingerprint density at radius 2 is 1.96 bits per heavy atom. The lowest BCUT2D eigenvalue weighted by Gasteiger charge is -2.27. The van der Waals surface area contributed by atoms with E-state index in [9.17, 15) is 0 Å². The van der Waals surface area contributed by atoms with Crippen LogP contribution in [0.4, 0.5) is 0 Å². The first-order chi connectivity index (χ1) is 11.3. The summed E-state index contributed by atoms with van der Waals surface area (Å²) in [6.07, 6.45) is 1.24. The minimum Gasteiger partial charge on any atom is -0.379 e. The van der Waals surface area contributed by atoms with Crippen LogP contribution in [0, 0.1) is 5.92 Å². The van der Waals surface area contributed by atoms with Crippen molar-refractivity contribution in [3.05, 3.63) is 35.4 Å². The number of hydrogen-bond acceptors (Lipinski definition) is 3. The molecule has 1 aliphatic carbocycles. The van der Waals surface area contributed by atoms with Crippen LogP contribution in [0.15, 0.2) is 29.3 Å². The number of benzene rings is 1. The molecule has 1 aromatic carbocycles. The summed E-state index contributed by atoms with van der Waals surface area (Å²) in [4.78, 5) is 6.79. The standard InChI is InChI=1S/C18H28N4O/c1-14-11-17(14)21-18(19-2)20-12-15-5-3-4-6-16(15)13-22-7-9-23-10-8-22/h3-6,14,17H,7-13H2,1-2H3,(H2,19,20,21). The highest BCUT2D eigenvalue weighted by molar-refractivity contribution is 5.80. The Labute approximate surface area is 139 Å². The third-order valence-corrected chi connectivity index (χ3v) is 4.72. The average molecular weight is 316 g/mol. The second kappa shape index (κ2) is 7.79. The summed E-state index contributed by atoms with van der Waals surface area (Å²) in [7, 11) is 1.84. The van der Waals surface area contributed by atoms with E-state index in [2.05, 4.69) is 51.7 Å². The molecule has 5 nitrogen and oxygen atoms in total. The molecule has 0 aromatic heterocycles. The van der Waals surface area contributed by atoms with Crippen LogP contribution in [-0.2, 0) is 17.8 Å². The lowest BCUT2D eigenvalue weighted by Crippen LogP contribution is -2.39. The highest BCUT2D eigenvalue weighted by Gasteiger charge is 2.33. The fourth-order valence-corrected chi connectivity index (χ4v) is 2.96. The number of nitrogens with one attached hydrogen (secondary N) is 2. The number of hydrogen-bond donors (Lipinski definition) is 2. The average Bonchev–Trinajstić information content (AvgIpc) is 3.28. The second-order valence-corrected chi connectivity index (χ2v) is 6.55. The minimum atomic E-state index is 0.588. The summed E-state index contributed by atoms with van der Waals surface area (Å²) in [6.45, 7) is 7.79. The minimum absolute atomic E-state index is 0.588. The van der Waals surface area contributed by atoms with Crippen molar-refractivity contribution in [1.29, 1.82) is 0 Å². The summed E-state index contributed by atoms with van der Waals surface area (Å²) in [5.41, 5.74) is 2.72. The molecule has 126 valence electrons. The van der Waals surface area contributed by atoms with E-state index in [1.807, 2.05) is 7.05 Å². The third-order valence-electron chi connectivity index (χ3n) is 4.72. The van der Waals surface area contributed by atoms with E-state index in [0.717, 1.165) is 51.3 Å². The Balaban J connectivity index is 1.56. The highest BCUT2D eigenvalue weighted by Crippen LogP contribution is 2.28. The molecule has 1 saturated carbocycles. The molecule has 3 rings (SSSR count). The van der Waals surface area contributed by atoms with Crippen LogP contribution in [0.3, 0.4) is 0 Å². The Morgan fingerprint density at radius 3 is 2.61 bits per heavy atom. The van der Waals surface area contributed by atoms with E-state index in [1.165, 1.54) is 17.5 Å². The molecule has 1 aromatic rings. The lowest BCUT2D eigenvalue weighted by molar-refractivity contribution is 0.0341. The molecule has 2 unspecified atom stereocenters. The summed E-state index contributed by atoms with van der Waals surface area (Å²) >= 11 is 0. The zero-order valence-corrected chi connectivity index (χ0v) is 14.2. The van der Waals surface area contributed by atoms with Gasteiger partial charge >= 0.3 is 0 Å². The molecule has 2 fully saturated rings. The molecule has 0 radical (unpaired) electrons. The molecular formula is C18H28N4O. The van der Waals surface area contributed by atoms with Gasteiger partial charge in [-0.15, -0.1) is 0 Å². The van der Waals surface area contributed by atoms with E-state index < -0.39 is 0 Å². The lowest BCUT2D eigenvalue weighted by atomic mass is 10.1. The molecule has 0 bridgehead atoms. The van der Waals surface area contributed by atoms with E-state index in [1.54, 1.807) is 0 Å². The molecule has 0 spiro atoms. The van der Waals surface area contributed by atoms with Gasteiger partial charge in [0.05, 0.1) is 13.2 Å². The molecule has 2 aliphatic rings. The molecular weight excluding hydrogens is 288 g/mol. The van der Waals surface area contributed by atoms with Gasteiger partial charge in [0.2, 0.25) is 0 Å². The number of rotatable bonds is 5. The van der Waals surface area contributed by atoms with E-state index in [4.69, 9.17) is 4.74 Å². The third kappa shape index (κ3) is 4.69. The molecule has 1 aliphatic heterocycles. The van der Waals surface area contributed by atoms with Crippen molar-refractivity contribution in [3.63, 3.8) is 0 Å². The van der Waals surface area contributed by atoms with Crippen LogP contribution >= 0.6 is 0 Å². The SMILES string of the molecule is CN=C(NCc1ccccc1CN1CCOCC1)NC1CC1C. The van der Waals surface area contributed by atoms with Crippen molar-refractivity contribution in [2.75, 3.05) is 33.4 Å². The van der Waals surface area contributed by atoms with Crippen molar-refractivity contribution in [2.24, 2.45) is 10.9 Å². The normalized spacial score (nSPS) is 25.2. The molecule has 2 atom stereocenters. The number of morpholine rings is 1. The Bertz CT molecular complexity index is 540. The molecule has 2 N–H and O–H groups in total. The van der Waals surface area contributed by atoms with Gasteiger partial charge in [0.1, 0.15) is 0 Å². The first kappa shape index (κ1) is 16.3. The van der Waals surface area contributed by atoms with E-state index in [0.29, 0.717) is 6.04 Å².